The first-order chi connectivity index (χ1) is 5.34. The molecule has 4 nitrogen and oxygen atoms in total. The lowest BCUT2D eigenvalue weighted by molar-refractivity contribution is -0.139. The van der Waals surface area contributed by atoms with Crippen LogP contribution in [0.5, 0.6) is 0 Å². The summed E-state index contributed by atoms with van der Waals surface area (Å²) in [5.41, 5.74) is 0. The summed E-state index contributed by atoms with van der Waals surface area (Å²) >= 11 is 0. The normalized spacial score (nSPS) is 34.1. The second kappa shape index (κ2) is 1.80. The van der Waals surface area contributed by atoms with Gasteiger partial charge in [-0.25, -0.2) is 0 Å². The minimum absolute atomic E-state index is 0.123. The molecule has 0 aromatic heterocycles. The summed E-state index contributed by atoms with van der Waals surface area (Å²) in [4.78, 5) is 21.8. The van der Waals surface area contributed by atoms with Gasteiger partial charge in [0.15, 0.2) is 0 Å². The van der Waals surface area contributed by atoms with Gasteiger partial charge in [-0.15, -0.1) is 0 Å². The van der Waals surface area contributed by atoms with Crippen LogP contribution in [-0.2, 0) is 9.59 Å². The molecule has 2 amide bonds. The Hall–Kier alpha value is -0.900. The Morgan fingerprint density at radius 3 is 2.78 bits per heavy atom. The predicted molar refractivity (Wildman–Crippen MR) is 28.4 cm³/mol. The second-order valence-electron chi connectivity index (χ2n) is 1.79. The van der Waals surface area contributed by atoms with Crippen LogP contribution in [0, 0.1) is 0 Å². The first kappa shape index (κ1) is 3.31. The minimum atomic E-state index is -2.77. The number of rotatable bonds is 0. The molecule has 1 unspecified atom stereocenters. The monoisotopic (exact) mass is 132 g/mol. The Labute approximate surface area is 56.3 Å². The first-order valence-electron chi connectivity index (χ1n) is 3.89. The molecule has 0 radical (unpaired) electrons. The van der Waals surface area contributed by atoms with Crippen LogP contribution in [0.1, 0.15) is 10.5 Å². The molecule has 0 aromatic carbocycles. The van der Waals surface area contributed by atoms with Crippen molar-refractivity contribution in [1.82, 2.24) is 4.90 Å². The summed E-state index contributed by atoms with van der Waals surface area (Å²) in [6.45, 7) is -2.77. The van der Waals surface area contributed by atoms with E-state index in [9.17, 15) is 9.59 Å². The molecule has 1 aliphatic rings. The van der Waals surface area contributed by atoms with Crippen molar-refractivity contribution >= 4 is 11.8 Å². The van der Waals surface area contributed by atoms with E-state index in [1.807, 2.05) is 0 Å². The number of hydrogen-bond acceptors (Lipinski definition) is 3. The van der Waals surface area contributed by atoms with Gasteiger partial charge in [0.05, 0.1) is 6.42 Å². The van der Waals surface area contributed by atoms with Crippen LogP contribution in [0.3, 0.4) is 0 Å². The average Bonchev–Trinajstić information content (AvgIpc) is 2.05. The van der Waals surface area contributed by atoms with Crippen LogP contribution in [0.25, 0.3) is 0 Å². The molecule has 1 saturated heterocycles. The Morgan fingerprint density at radius 1 is 1.89 bits per heavy atom. The van der Waals surface area contributed by atoms with Gasteiger partial charge in [0.25, 0.3) is 5.91 Å². The number of hydrogen-bond donors (Lipinski definition) is 1. The lowest BCUT2D eigenvalue weighted by atomic mass is 10.3. The van der Waals surface area contributed by atoms with Crippen LogP contribution in [0.15, 0.2) is 0 Å². The molecular weight excluding hydrogens is 122 g/mol. The van der Waals surface area contributed by atoms with E-state index in [-0.39, 0.29) is 4.90 Å². The SMILES string of the molecule is [2H]C([2H])([2H])N1C(=O)CC(O)C1=O. The zero-order chi connectivity index (χ0) is 9.52. The van der Waals surface area contributed by atoms with Gasteiger partial charge in [-0.2, -0.15) is 0 Å². The summed E-state index contributed by atoms with van der Waals surface area (Å²) in [6, 6.07) is 0. The van der Waals surface area contributed by atoms with Crippen molar-refractivity contribution in [3.8, 4) is 0 Å². The van der Waals surface area contributed by atoms with Crippen LogP contribution in [0.2, 0.25) is 0 Å². The van der Waals surface area contributed by atoms with Crippen LogP contribution < -0.4 is 0 Å². The third-order valence-corrected chi connectivity index (χ3v) is 1.12. The number of aliphatic hydroxyl groups excluding tert-OH is 1. The zero-order valence-corrected chi connectivity index (χ0v) is 4.50. The summed E-state index contributed by atoms with van der Waals surface area (Å²) in [6.07, 6.45) is -1.92. The fourth-order valence-electron chi connectivity index (χ4n) is 0.616. The van der Waals surface area contributed by atoms with Gasteiger partial charge in [0.2, 0.25) is 5.91 Å². The van der Waals surface area contributed by atoms with E-state index in [0.29, 0.717) is 0 Å². The molecule has 1 N–H and O–H groups in total. The number of amides is 2. The van der Waals surface area contributed by atoms with E-state index in [1.54, 1.807) is 0 Å². The molecule has 0 bridgehead atoms. The van der Waals surface area contributed by atoms with Gasteiger partial charge < -0.3 is 5.11 Å². The fraction of sp³-hybridized carbons (Fsp3) is 0.600. The number of nitrogens with zero attached hydrogens (tertiary/aromatic N) is 1. The highest BCUT2D eigenvalue weighted by Crippen LogP contribution is 2.08. The van der Waals surface area contributed by atoms with Crippen molar-refractivity contribution in [2.24, 2.45) is 0 Å². The van der Waals surface area contributed by atoms with E-state index in [4.69, 9.17) is 9.22 Å². The Morgan fingerprint density at radius 2 is 2.56 bits per heavy atom. The molecule has 1 aliphatic heterocycles. The molecule has 1 rings (SSSR count). The Kier molecular flexibility index (Phi) is 0.664. The van der Waals surface area contributed by atoms with E-state index >= 15 is 0 Å². The zero-order valence-electron chi connectivity index (χ0n) is 7.50. The Balaban J connectivity index is 2.92. The quantitative estimate of drug-likeness (QED) is 0.418. The highest BCUT2D eigenvalue weighted by atomic mass is 16.3. The molecule has 0 aromatic rings. The van der Waals surface area contributed by atoms with Gasteiger partial charge in [-0.3, -0.25) is 14.5 Å². The molecular formula is C5H7NO3. The van der Waals surface area contributed by atoms with E-state index in [0.717, 1.165) is 0 Å². The fourth-order valence-corrected chi connectivity index (χ4v) is 0.616. The van der Waals surface area contributed by atoms with Crippen molar-refractivity contribution in [2.45, 2.75) is 12.5 Å². The van der Waals surface area contributed by atoms with Gasteiger partial charge in [-0.05, 0) is 0 Å². The third-order valence-electron chi connectivity index (χ3n) is 1.12. The standard InChI is InChI=1S/C5H7NO3/c1-6-4(8)2-3(7)5(6)9/h3,7H,2H2,1H3/i1D3. The van der Waals surface area contributed by atoms with Crippen LogP contribution >= 0.6 is 0 Å². The number of carbonyl (C=O) groups is 2. The molecule has 0 saturated carbocycles. The molecule has 4 heteroatoms. The molecule has 1 fully saturated rings. The Bertz CT molecular complexity index is 237. The molecule has 0 aliphatic carbocycles. The minimum Gasteiger partial charge on any atom is -0.383 e. The highest BCUT2D eigenvalue weighted by Gasteiger charge is 2.33. The second-order valence-corrected chi connectivity index (χ2v) is 1.79. The smallest absolute Gasteiger partial charge is 0.258 e. The maximum Gasteiger partial charge on any atom is 0.258 e. The van der Waals surface area contributed by atoms with Gasteiger partial charge in [-0.1, -0.05) is 0 Å². The van der Waals surface area contributed by atoms with Crippen LogP contribution in [0.4, 0.5) is 0 Å². The van der Waals surface area contributed by atoms with Crippen molar-refractivity contribution in [1.29, 1.82) is 0 Å². The van der Waals surface area contributed by atoms with E-state index < -0.39 is 31.3 Å². The molecule has 0 spiro atoms. The largest absolute Gasteiger partial charge is 0.383 e. The summed E-state index contributed by atoms with van der Waals surface area (Å²) in [5, 5.41) is 8.84. The summed E-state index contributed by atoms with van der Waals surface area (Å²) < 4.78 is 20.4. The molecule has 1 atom stereocenters. The number of aliphatic hydroxyl groups is 1. The number of likely N-dealkylation sites (tertiary alicyclic amines) is 1. The summed E-state index contributed by atoms with van der Waals surface area (Å²) in [5.74, 6) is -1.90. The van der Waals surface area contributed by atoms with Crippen molar-refractivity contribution in [2.75, 3.05) is 6.98 Å². The number of likely N-dealkylation sites (N-methyl/N-ethyl adjacent to an activating group) is 1. The maximum atomic E-state index is 10.9. The number of carbonyl (C=O) groups excluding carboxylic acids is 2. The lowest BCUT2D eigenvalue weighted by Gasteiger charge is -2.02. The molecule has 50 valence electrons. The van der Waals surface area contributed by atoms with Crippen molar-refractivity contribution in [3.63, 3.8) is 0 Å². The summed E-state index contributed by atoms with van der Waals surface area (Å²) in [7, 11) is 0. The molecule has 9 heavy (non-hydrogen) atoms. The predicted octanol–water partition coefficient (Wildman–Crippen LogP) is -1.26. The van der Waals surface area contributed by atoms with Crippen molar-refractivity contribution in [3.05, 3.63) is 0 Å². The van der Waals surface area contributed by atoms with Gasteiger partial charge in [0, 0.05) is 11.1 Å². The topological polar surface area (TPSA) is 57.6 Å². The van der Waals surface area contributed by atoms with E-state index in [2.05, 4.69) is 0 Å². The third kappa shape index (κ3) is 0.810. The maximum absolute atomic E-state index is 10.9. The van der Waals surface area contributed by atoms with Gasteiger partial charge in [0.1, 0.15) is 6.10 Å². The van der Waals surface area contributed by atoms with Gasteiger partial charge >= 0.3 is 0 Å². The van der Waals surface area contributed by atoms with Crippen LogP contribution in [-0.4, -0.2) is 34.9 Å². The number of imide groups is 1. The highest BCUT2D eigenvalue weighted by molar-refractivity contribution is 6.04. The first-order valence-corrected chi connectivity index (χ1v) is 2.39. The average molecular weight is 132 g/mol. The molecule has 1 heterocycles. The van der Waals surface area contributed by atoms with Crippen molar-refractivity contribution < 1.29 is 18.8 Å². The lowest BCUT2D eigenvalue weighted by Crippen LogP contribution is -2.27. The van der Waals surface area contributed by atoms with E-state index in [1.165, 1.54) is 0 Å².